The molecule has 428 valence electrons. The molecule has 2 amide bonds. The number of carbonyl (C=O) groups is 6. The number of ketones is 2. The van der Waals surface area contributed by atoms with Crippen LogP contribution in [0, 0.1) is 11.8 Å². The molecule has 0 bridgehead atoms. The van der Waals surface area contributed by atoms with E-state index in [1.54, 1.807) is 78.5 Å². The third kappa shape index (κ3) is 20.9. The molecule has 2 heterocycles. The standard InChI is InChI=1S/C32H38N2O5.C25H28N2O4.C7H12O2.CH4/c1-32(2,3)39-31(37)34-20-28(29(35)18-23-11-14-27-19-33-16-15-26(27)17-23)24-12-9-22(10-13-24)21-38-30(36)25-7-5-4-6-8-25;1-25(2,3)31-24(30)27-15-22(19-7-4-17(16-28)5-8-19)23(29)13-18-6-9-21-14-26-11-10-20(21)12-18;8-7(9)6-4-2-1-3-5-6;/h9-17,19,25,28H,4-8,18,20-21H2,1-3H3,(H,34,37);4-12,14,22,28H,13,15-16H2,1-3H3,(H,27,30);6H,1-5H2,(H,8,9);1H4. The summed E-state index contributed by atoms with van der Waals surface area (Å²) in [4.78, 5) is 82.3. The lowest BCUT2D eigenvalue weighted by Crippen LogP contribution is -2.36. The molecule has 4 aromatic carbocycles. The van der Waals surface area contributed by atoms with Gasteiger partial charge in [0.25, 0.3) is 0 Å². The third-order valence-electron chi connectivity index (χ3n) is 13.9. The SMILES string of the molecule is C.CC(C)(C)OC(=O)NCC(C(=O)Cc1ccc2cnccc2c1)c1ccc(CO)cc1.CC(C)(C)OC(=O)NCC(C(=O)Cc1ccc2cnccc2c1)c1ccc(COC(=O)C2CCCCC2)cc1.O=C(O)C1CCCCC1. The minimum atomic E-state index is -0.639. The van der Waals surface area contributed by atoms with E-state index in [1.807, 2.05) is 84.9 Å². The molecule has 2 aliphatic carbocycles. The van der Waals surface area contributed by atoms with Crippen molar-refractivity contribution in [3.8, 4) is 0 Å². The van der Waals surface area contributed by atoms with E-state index < -0.39 is 41.2 Å². The molecule has 8 rings (SSSR count). The number of nitrogens with zero attached hydrogens (tertiary/aromatic N) is 2. The molecular formula is C65H82N4O11. The number of aliphatic hydroxyl groups excluding tert-OH is 1. The van der Waals surface area contributed by atoms with Gasteiger partial charge in [-0.05, 0) is 124 Å². The minimum Gasteiger partial charge on any atom is -0.481 e. The van der Waals surface area contributed by atoms with Gasteiger partial charge >= 0.3 is 24.1 Å². The summed E-state index contributed by atoms with van der Waals surface area (Å²) in [7, 11) is 0. The van der Waals surface area contributed by atoms with Gasteiger partial charge in [-0.3, -0.25) is 29.1 Å². The zero-order valence-corrected chi connectivity index (χ0v) is 46.6. The summed E-state index contributed by atoms with van der Waals surface area (Å²) in [6.45, 7) is 11.1. The van der Waals surface area contributed by atoms with E-state index in [2.05, 4.69) is 20.6 Å². The van der Waals surface area contributed by atoms with Crippen LogP contribution in [0.15, 0.2) is 122 Å². The second-order valence-corrected chi connectivity index (χ2v) is 22.5. The lowest BCUT2D eigenvalue weighted by Gasteiger charge is -2.22. The molecule has 80 heavy (non-hydrogen) atoms. The number of hydrogen-bond acceptors (Lipinski definition) is 12. The van der Waals surface area contributed by atoms with Gasteiger partial charge in [-0.1, -0.05) is 131 Å². The number of pyridine rings is 2. The normalized spacial score (nSPS) is 14.5. The average molecular weight is 1100 g/mol. The van der Waals surface area contributed by atoms with Gasteiger partial charge in [0.15, 0.2) is 0 Å². The van der Waals surface area contributed by atoms with Gasteiger partial charge in [-0.25, -0.2) is 9.59 Å². The molecule has 0 spiro atoms. The van der Waals surface area contributed by atoms with Gasteiger partial charge in [-0.2, -0.15) is 0 Å². The van der Waals surface area contributed by atoms with Crippen LogP contribution in [0.25, 0.3) is 21.5 Å². The maximum Gasteiger partial charge on any atom is 0.407 e. The number of aliphatic carboxylic acids is 1. The number of nitrogens with one attached hydrogen (secondary N) is 2. The Bertz CT molecular complexity index is 2970. The van der Waals surface area contributed by atoms with Crippen molar-refractivity contribution in [3.05, 3.63) is 155 Å². The zero-order chi connectivity index (χ0) is 57.0. The number of alkyl carbamates (subject to hydrolysis) is 2. The van der Waals surface area contributed by atoms with Crippen molar-refractivity contribution in [1.29, 1.82) is 0 Å². The molecule has 0 aliphatic heterocycles. The number of rotatable bonds is 17. The van der Waals surface area contributed by atoms with Gasteiger partial charge in [-0.15, -0.1) is 0 Å². The lowest BCUT2D eigenvalue weighted by molar-refractivity contribution is -0.151. The number of carbonyl (C=O) groups excluding carboxylic acids is 5. The average Bonchev–Trinajstić information content (AvgIpc) is 3.42. The molecule has 2 aliphatic rings. The fourth-order valence-corrected chi connectivity index (χ4v) is 9.63. The molecule has 0 saturated heterocycles. The Labute approximate surface area is 471 Å². The molecule has 0 radical (unpaired) electrons. The molecular weight excluding hydrogens is 1010 g/mol. The molecule has 2 fully saturated rings. The predicted octanol–water partition coefficient (Wildman–Crippen LogP) is 12.7. The number of benzene rings is 4. The number of carboxylic acid groups (broad SMARTS) is 1. The number of carboxylic acids is 1. The van der Waals surface area contributed by atoms with Gasteiger partial charge in [0.2, 0.25) is 0 Å². The van der Waals surface area contributed by atoms with Crippen molar-refractivity contribution in [2.24, 2.45) is 11.8 Å². The number of fused-ring (bicyclic) bond motifs is 2. The maximum absolute atomic E-state index is 13.5. The molecule has 4 N–H and O–H groups in total. The van der Waals surface area contributed by atoms with E-state index in [0.717, 1.165) is 106 Å². The zero-order valence-electron chi connectivity index (χ0n) is 46.6. The highest BCUT2D eigenvalue weighted by atomic mass is 16.6. The van der Waals surface area contributed by atoms with E-state index in [0.29, 0.717) is 0 Å². The van der Waals surface area contributed by atoms with E-state index in [1.165, 1.54) is 12.8 Å². The van der Waals surface area contributed by atoms with Crippen LogP contribution in [0.5, 0.6) is 0 Å². The number of esters is 1. The number of Topliss-reactive ketones (excluding diaryl/α,β-unsaturated/α-hetero) is 2. The number of aromatic nitrogens is 2. The smallest absolute Gasteiger partial charge is 0.407 e. The first-order valence-electron chi connectivity index (χ1n) is 27.6. The van der Waals surface area contributed by atoms with Gasteiger partial charge in [0.1, 0.15) is 29.4 Å². The highest BCUT2D eigenvalue weighted by Gasteiger charge is 2.27. The molecule has 15 nitrogen and oxygen atoms in total. The van der Waals surface area contributed by atoms with E-state index in [9.17, 15) is 33.9 Å². The van der Waals surface area contributed by atoms with E-state index in [4.69, 9.17) is 19.3 Å². The van der Waals surface area contributed by atoms with Crippen molar-refractivity contribution < 1.29 is 53.2 Å². The fourth-order valence-electron chi connectivity index (χ4n) is 9.63. The Balaban J connectivity index is 0.000000255. The number of amides is 2. The van der Waals surface area contributed by atoms with Crippen LogP contribution in [-0.2, 0) is 59.4 Å². The molecule has 2 saturated carbocycles. The Morgan fingerprint density at radius 3 is 1.32 bits per heavy atom. The minimum absolute atomic E-state index is 0. The van der Waals surface area contributed by atoms with E-state index in [-0.39, 0.29) is 75.9 Å². The first-order chi connectivity index (χ1) is 37.7. The Hall–Kier alpha value is -7.52. The van der Waals surface area contributed by atoms with Crippen molar-refractivity contribution in [3.63, 3.8) is 0 Å². The summed E-state index contributed by atoms with van der Waals surface area (Å²) < 4.78 is 16.3. The summed E-state index contributed by atoms with van der Waals surface area (Å²) >= 11 is 0. The topological polar surface area (TPSA) is 220 Å². The first kappa shape index (κ1) is 63.3. The Morgan fingerprint density at radius 2 is 0.938 bits per heavy atom. The number of aliphatic hydroxyl groups is 1. The van der Waals surface area contributed by atoms with Crippen molar-refractivity contribution in [2.75, 3.05) is 13.1 Å². The van der Waals surface area contributed by atoms with Crippen molar-refractivity contribution in [2.45, 2.75) is 162 Å². The van der Waals surface area contributed by atoms with Crippen LogP contribution in [-0.4, -0.2) is 80.2 Å². The monoisotopic (exact) mass is 1090 g/mol. The van der Waals surface area contributed by atoms with E-state index >= 15 is 0 Å². The predicted molar refractivity (Wildman–Crippen MR) is 311 cm³/mol. The summed E-state index contributed by atoms with van der Waals surface area (Å²) in [5.74, 6) is -1.88. The van der Waals surface area contributed by atoms with Gasteiger partial charge < -0.3 is 35.1 Å². The maximum atomic E-state index is 13.5. The first-order valence-corrected chi connectivity index (χ1v) is 27.6. The van der Waals surface area contributed by atoms with Crippen molar-refractivity contribution in [1.82, 2.24) is 20.6 Å². The highest BCUT2D eigenvalue weighted by molar-refractivity contribution is 5.91. The number of ether oxygens (including phenoxy) is 3. The second kappa shape index (κ2) is 30.7. The van der Waals surface area contributed by atoms with Crippen LogP contribution in [0.3, 0.4) is 0 Å². The summed E-state index contributed by atoms with van der Waals surface area (Å²) in [5, 5.41) is 27.4. The summed E-state index contributed by atoms with van der Waals surface area (Å²) in [6, 6.07) is 30.3. The molecule has 2 atom stereocenters. The largest absolute Gasteiger partial charge is 0.481 e. The van der Waals surface area contributed by atoms with Crippen molar-refractivity contribution >= 4 is 57.2 Å². The lowest BCUT2D eigenvalue weighted by atomic mass is 9.89. The second-order valence-electron chi connectivity index (χ2n) is 22.5. The highest BCUT2D eigenvalue weighted by Crippen LogP contribution is 2.28. The van der Waals surface area contributed by atoms with Crippen LogP contribution in [0.2, 0.25) is 0 Å². The number of hydrogen-bond donors (Lipinski definition) is 4. The Morgan fingerprint density at radius 1 is 0.537 bits per heavy atom. The summed E-state index contributed by atoms with van der Waals surface area (Å²) in [5.41, 5.74) is 3.72. The van der Waals surface area contributed by atoms with Gasteiger partial charge in [0.05, 0.1) is 30.3 Å². The van der Waals surface area contributed by atoms with Crippen LogP contribution >= 0.6 is 0 Å². The van der Waals surface area contributed by atoms with Crippen LogP contribution in [0.1, 0.15) is 158 Å². The molecule has 2 aromatic heterocycles. The quantitative estimate of drug-likeness (QED) is 0.0494. The summed E-state index contributed by atoms with van der Waals surface area (Å²) in [6.07, 6.45) is 16.8. The third-order valence-corrected chi connectivity index (χ3v) is 13.9. The molecule has 15 heteroatoms. The van der Waals surface area contributed by atoms with Crippen LogP contribution < -0.4 is 10.6 Å². The Kier molecular flexibility index (Phi) is 24.3. The van der Waals surface area contributed by atoms with Crippen LogP contribution in [0.4, 0.5) is 9.59 Å². The fraction of sp³-hybridized carbons (Fsp3) is 0.446. The molecule has 2 unspecified atom stereocenters. The van der Waals surface area contributed by atoms with Gasteiger partial charge in [0, 0.05) is 61.5 Å². The molecule has 6 aromatic rings.